The molecule has 0 unspecified atom stereocenters. The maximum Gasteiger partial charge on any atom is 0.234 e. The summed E-state index contributed by atoms with van der Waals surface area (Å²) in [7, 11) is 0. The largest absolute Gasteiger partial charge is 0.234 e. The summed E-state index contributed by atoms with van der Waals surface area (Å²) in [5, 5.41) is 14.7. The molecule has 0 saturated heterocycles. The van der Waals surface area contributed by atoms with E-state index < -0.39 is 0 Å². The van der Waals surface area contributed by atoms with Crippen molar-refractivity contribution < 1.29 is 0 Å². The number of rotatable bonds is 6. The summed E-state index contributed by atoms with van der Waals surface area (Å²) in [5.41, 5.74) is 3.80. The highest BCUT2D eigenvalue weighted by Gasteiger charge is 2.20. The topological polar surface area (TPSA) is 43.1 Å². The van der Waals surface area contributed by atoms with Crippen LogP contribution in [0, 0.1) is 0 Å². The van der Waals surface area contributed by atoms with Gasteiger partial charge in [-0.05, 0) is 16.7 Å². The van der Waals surface area contributed by atoms with E-state index in [0.29, 0.717) is 0 Å². The molecular formula is C24H20N4S. The van der Waals surface area contributed by atoms with E-state index in [1.165, 1.54) is 16.7 Å². The molecule has 5 aromatic rings. The average Bonchev–Trinajstić information content (AvgIpc) is 3.34. The molecule has 0 aliphatic carbocycles. The van der Waals surface area contributed by atoms with Gasteiger partial charge in [-0.15, -0.1) is 10.2 Å². The van der Waals surface area contributed by atoms with Crippen molar-refractivity contribution in [2.45, 2.75) is 18.8 Å². The molecule has 4 nitrogen and oxygen atoms in total. The summed E-state index contributed by atoms with van der Waals surface area (Å²) < 4.78 is 1.92. The molecule has 2 aromatic heterocycles. The molecule has 0 amide bonds. The first kappa shape index (κ1) is 17.8. The Kier molecular flexibility index (Phi) is 4.88. The first-order chi connectivity index (χ1) is 14.4. The predicted octanol–water partition coefficient (Wildman–Crippen LogP) is 5.15. The van der Waals surface area contributed by atoms with Gasteiger partial charge in [-0.2, -0.15) is 9.61 Å². The van der Waals surface area contributed by atoms with Crippen LogP contribution < -0.4 is 0 Å². The van der Waals surface area contributed by atoms with Gasteiger partial charge in [-0.3, -0.25) is 0 Å². The molecule has 0 atom stereocenters. The molecule has 0 saturated carbocycles. The smallest absolute Gasteiger partial charge is 0.187 e. The highest BCUT2D eigenvalue weighted by molar-refractivity contribution is 7.16. The standard InChI is InChI=1S/C24H20N4S/c1-4-10-18(11-5-1)16-23-27-28-22(25-26-24(28)29-23)17-21(19-12-6-2-7-13-19)20-14-8-3-9-15-20/h1-15,21H,16-17H2. The van der Waals surface area contributed by atoms with Crippen LogP contribution in [0.2, 0.25) is 0 Å². The first-order valence-electron chi connectivity index (χ1n) is 9.70. The van der Waals surface area contributed by atoms with Crippen molar-refractivity contribution in [3.63, 3.8) is 0 Å². The van der Waals surface area contributed by atoms with Crippen molar-refractivity contribution in [3.8, 4) is 0 Å². The zero-order valence-corrected chi connectivity index (χ0v) is 16.7. The van der Waals surface area contributed by atoms with Gasteiger partial charge in [0.2, 0.25) is 4.96 Å². The van der Waals surface area contributed by atoms with Crippen LogP contribution >= 0.6 is 11.3 Å². The maximum atomic E-state index is 4.82. The summed E-state index contributed by atoms with van der Waals surface area (Å²) in [6.07, 6.45) is 1.57. The molecule has 0 spiro atoms. The van der Waals surface area contributed by atoms with E-state index in [0.717, 1.165) is 28.6 Å². The predicted molar refractivity (Wildman–Crippen MR) is 116 cm³/mol. The van der Waals surface area contributed by atoms with Crippen molar-refractivity contribution in [3.05, 3.63) is 119 Å². The van der Waals surface area contributed by atoms with Crippen LogP contribution in [0.4, 0.5) is 0 Å². The molecule has 0 fully saturated rings. The second-order valence-corrected chi connectivity index (χ2v) is 8.09. The zero-order chi connectivity index (χ0) is 19.5. The molecule has 0 radical (unpaired) electrons. The highest BCUT2D eigenvalue weighted by Crippen LogP contribution is 2.28. The summed E-state index contributed by atoms with van der Waals surface area (Å²) in [5.74, 6) is 1.11. The Morgan fingerprint density at radius 1 is 0.724 bits per heavy atom. The monoisotopic (exact) mass is 396 g/mol. The lowest BCUT2D eigenvalue weighted by atomic mass is 9.88. The Hall–Kier alpha value is -3.31. The van der Waals surface area contributed by atoms with Crippen LogP contribution in [0.3, 0.4) is 0 Å². The highest BCUT2D eigenvalue weighted by atomic mass is 32.1. The molecule has 142 valence electrons. The minimum atomic E-state index is 0.212. The van der Waals surface area contributed by atoms with Crippen LogP contribution in [0.5, 0.6) is 0 Å². The van der Waals surface area contributed by atoms with Crippen molar-refractivity contribution in [1.82, 2.24) is 19.8 Å². The fourth-order valence-electron chi connectivity index (χ4n) is 3.65. The Morgan fingerprint density at radius 2 is 1.31 bits per heavy atom. The number of hydrogen-bond acceptors (Lipinski definition) is 4. The van der Waals surface area contributed by atoms with Gasteiger partial charge >= 0.3 is 0 Å². The molecule has 29 heavy (non-hydrogen) atoms. The van der Waals surface area contributed by atoms with Crippen molar-refractivity contribution >= 4 is 16.3 Å². The number of hydrogen-bond donors (Lipinski definition) is 0. The molecule has 0 bridgehead atoms. The lowest BCUT2D eigenvalue weighted by Gasteiger charge is -2.16. The minimum absolute atomic E-state index is 0.212. The van der Waals surface area contributed by atoms with E-state index in [4.69, 9.17) is 5.10 Å². The molecule has 0 aliphatic heterocycles. The van der Waals surface area contributed by atoms with E-state index in [9.17, 15) is 0 Å². The van der Waals surface area contributed by atoms with Crippen LogP contribution in [0.25, 0.3) is 4.96 Å². The molecule has 0 N–H and O–H groups in total. The maximum absolute atomic E-state index is 4.82. The summed E-state index contributed by atoms with van der Waals surface area (Å²) in [4.78, 5) is 0.853. The number of aromatic nitrogens is 4. The number of fused-ring (bicyclic) bond motifs is 1. The van der Waals surface area contributed by atoms with Gasteiger partial charge < -0.3 is 0 Å². The fourth-order valence-corrected chi connectivity index (χ4v) is 4.53. The minimum Gasteiger partial charge on any atom is -0.187 e. The molecule has 0 aliphatic rings. The summed E-state index contributed by atoms with van der Waals surface area (Å²) in [6, 6.07) is 31.6. The second-order valence-electron chi connectivity index (χ2n) is 7.05. The molecule has 5 heteroatoms. The van der Waals surface area contributed by atoms with Crippen molar-refractivity contribution in [1.29, 1.82) is 0 Å². The van der Waals surface area contributed by atoms with Crippen LogP contribution in [-0.4, -0.2) is 19.8 Å². The second kappa shape index (κ2) is 7.97. The Bertz CT molecular complexity index is 1160. The van der Waals surface area contributed by atoms with E-state index in [2.05, 4.69) is 95.1 Å². The van der Waals surface area contributed by atoms with Gasteiger partial charge in [0.1, 0.15) is 5.01 Å². The molecular weight excluding hydrogens is 376 g/mol. The van der Waals surface area contributed by atoms with Crippen LogP contribution in [-0.2, 0) is 12.8 Å². The van der Waals surface area contributed by atoms with Crippen molar-refractivity contribution in [2.24, 2.45) is 0 Å². The lowest BCUT2D eigenvalue weighted by molar-refractivity contribution is 0.716. The Labute approximate surface area is 173 Å². The summed E-state index contributed by atoms with van der Waals surface area (Å²) >= 11 is 1.61. The summed E-state index contributed by atoms with van der Waals surface area (Å²) in [6.45, 7) is 0. The van der Waals surface area contributed by atoms with Gasteiger partial charge in [-0.1, -0.05) is 102 Å². The van der Waals surface area contributed by atoms with Gasteiger partial charge in [0.15, 0.2) is 5.82 Å². The van der Waals surface area contributed by atoms with Gasteiger partial charge in [0.25, 0.3) is 0 Å². The van der Waals surface area contributed by atoms with Crippen molar-refractivity contribution in [2.75, 3.05) is 0 Å². The van der Waals surface area contributed by atoms with Crippen LogP contribution in [0.1, 0.15) is 33.4 Å². The molecule has 2 heterocycles. The molecule has 5 rings (SSSR count). The number of nitrogens with zero attached hydrogens (tertiary/aromatic N) is 4. The van der Waals surface area contributed by atoms with Gasteiger partial charge in [0.05, 0.1) is 0 Å². The van der Waals surface area contributed by atoms with Gasteiger partial charge in [-0.25, -0.2) is 0 Å². The quantitative estimate of drug-likeness (QED) is 0.399. The third-order valence-electron chi connectivity index (χ3n) is 5.09. The zero-order valence-electron chi connectivity index (χ0n) is 15.8. The van der Waals surface area contributed by atoms with E-state index >= 15 is 0 Å². The molecule has 3 aromatic carbocycles. The number of benzene rings is 3. The Morgan fingerprint density at radius 3 is 1.93 bits per heavy atom. The Balaban J connectivity index is 1.47. The third-order valence-corrected chi connectivity index (χ3v) is 5.98. The van der Waals surface area contributed by atoms with Gasteiger partial charge in [0, 0.05) is 18.8 Å². The van der Waals surface area contributed by atoms with E-state index in [1.54, 1.807) is 11.3 Å². The fraction of sp³-hybridized carbons (Fsp3) is 0.125. The SMILES string of the molecule is c1ccc(Cc2nn3c(CC(c4ccccc4)c4ccccc4)nnc3s2)cc1. The average molecular weight is 397 g/mol. The van der Waals surface area contributed by atoms with E-state index in [-0.39, 0.29) is 5.92 Å². The third kappa shape index (κ3) is 3.82. The van der Waals surface area contributed by atoms with Crippen LogP contribution in [0.15, 0.2) is 91.0 Å². The van der Waals surface area contributed by atoms with E-state index in [1.807, 2.05) is 10.6 Å². The normalized spacial score (nSPS) is 11.3. The first-order valence-corrected chi connectivity index (χ1v) is 10.5. The lowest BCUT2D eigenvalue weighted by Crippen LogP contribution is -2.08.